The first kappa shape index (κ1) is 15.8. The molecule has 1 aromatic heterocycles. The maximum absolute atomic E-state index is 5.66. The predicted molar refractivity (Wildman–Crippen MR) is 84.1 cm³/mol. The summed E-state index contributed by atoms with van der Waals surface area (Å²) in [5.41, 5.74) is 0. The number of aromatic nitrogens is 3. The van der Waals surface area contributed by atoms with Crippen LogP contribution in [-0.2, 0) is 0 Å². The highest BCUT2D eigenvalue weighted by atomic mass is 16.5. The molecule has 0 unspecified atom stereocenters. The molecule has 1 fully saturated rings. The van der Waals surface area contributed by atoms with Crippen molar-refractivity contribution in [1.82, 2.24) is 19.9 Å². The van der Waals surface area contributed by atoms with Crippen LogP contribution < -0.4 is 15.0 Å². The molecule has 0 amide bonds. The minimum atomic E-state index is 0.406. The molecule has 7 nitrogen and oxygen atoms in total. The van der Waals surface area contributed by atoms with Crippen LogP contribution in [0.5, 0.6) is 6.01 Å². The van der Waals surface area contributed by atoms with Gasteiger partial charge < -0.3 is 19.9 Å². The quantitative estimate of drug-likeness (QED) is 0.811. The van der Waals surface area contributed by atoms with Crippen molar-refractivity contribution in [2.24, 2.45) is 0 Å². The minimum Gasteiger partial charge on any atom is -0.462 e. The Labute approximate surface area is 126 Å². The number of rotatable bonds is 7. The standard InChI is InChI=1S/C14H26N6O/c1-4-15-12-16-13(20-8-6-5-7-9-20)18-14(17-12)21-11-10-19(2)3/h4-11H2,1-3H3,(H,15,16,17,18). The second-order valence-electron chi connectivity index (χ2n) is 5.47. The summed E-state index contributed by atoms with van der Waals surface area (Å²) in [5, 5.41) is 3.15. The van der Waals surface area contributed by atoms with E-state index >= 15 is 0 Å². The predicted octanol–water partition coefficient (Wildman–Crippen LogP) is 1.23. The molecule has 2 heterocycles. The lowest BCUT2D eigenvalue weighted by Gasteiger charge is -2.26. The van der Waals surface area contributed by atoms with Crippen LogP contribution in [0.15, 0.2) is 0 Å². The second kappa shape index (κ2) is 7.97. The van der Waals surface area contributed by atoms with Crippen molar-refractivity contribution in [3.05, 3.63) is 0 Å². The first-order valence-corrected chi connectivity index (χ1v) is 7.71. The molecule has 118 valence electrons. The van der Waals surface area contributed by atoms with Gasteiger partial charge >= 0.3 is 6.01 Å². The van der Waals surface area contributed by atoms with E-state index in [0.29, 0.717) is 18.6 Å². The van der Waals surface area contributed by atoms with E-state index in [-0.39, 0.29) is 0 Å². The van der Waals surface area contributed by atoms with Gasteiger partial charge in [0.25, 0.3) is 0 Å². The Balaban J connectivity index is 2.09. The number of likely N-dealkylation sites (N-methyl/N-ethyl adjacent to an activating group) is 1. The zero-order chi connectivity index (χ0) is 15.1. The van der Waals surface area contributed by atoms with Gasteiger partial charge in [-0.1, -0.05) is 0 Å². The van der Waals surface area contributed by atoms with Gasteiger partial charge in [-0.05, 0) is 40.3 Å². The van der Waals surface area contributed by atoms with Gasteiger partial charge in [0.05, 0.1) is 0 Å². The van der Waals surface area contributed by atoms with Crippen LogP contribution in [0.4, 0.5) is 11.9 Å². The van der Waals surface area contributed by atoms with Gasteiger partial charge in [0, 0.05) is 26.2 Å². The summed E-state index contributed by atoms with van der Waals surface area (Å²) in [6, 6.07) is 0.406. The molecule has 0 spiro atoms. The molecule has 21 heavy (non-hydrogen) atoms. The largest absolute Gasteiger partial charge is 0.462 e. The molecular weight excluding hydrogens is 268 g/mol. The molecular formula is C14H26N6O. The number of anilines is 2. The minimum absolute atomic E-state index is 0.406. The summed E-state index contributed by atoms with van der Waals surface area (Å²) in [6.07, 6.45) is 3.67. The molecule has 0 atom stereocenters. The average Bonchev–Trinajstić information content (AvgIpc) is 2.48. The second-order valence-corrected chi connectivity index (χ2v) is 5.47. The average molecular weight is 294 g/mol. The Morgan fingerprint density at radius 2 is 1.90 bits per heavy atom. The molecule has 1 N–H and O–H groups in total. The van der Waals surface area contributed by atoms with E-state index in [1.807, 2.05) is 21.0 Å². The lowest BCUT2D eigenvalue weighted by atomic mass is 10.1. The summed E-state index contributed by atoms with van der Waals surface area (Å²) < 4.78 is 5.66. The molecule has 1 aromatic rings. The normalized spacial score (nSPS) is 15.3. The summed E-state index contributed by atoms with van der Waals surface area (Å²) in [5.74, 6) is 1.31. The molecule has 0 bridgehead atoms. The van der Waals surface area contributed by atoms with Crippen LogP contribution in [0.2, 0.25) is 0 Å². The van der Waals surface area contributed by atoms with Crippen LogP contribution in [0.3, 0.4) is 0 Å². The molecule has 7 heteroatoms. The van der Waals surface area contributed by atoms with Gasteiger partial charge in [-0.15, -0.1) is 0 Å². The van der Waals surface area contributed by atoms with Gasteiger partial charge in [-0.25, -0.2) is 0 Å². The molecule has 0 radical (unpaired) electrons. The molecule has 0 saturated carbocycles. The van der Waals surface area contributed by atoms with Gasteiger partial charge in [-0.2, -0.15) is 15.0 Å². The van der Waals surface area contributed by atoms with Crippen LogP contribution in [0.1, 0.15) is 26.2 Å². The van der Waals surface area contributed by atoms with E-state index in [1.54, 1.807) is 0 Å². The van der Waals surface area contributed by atoms with E-state index in [2.05, 4.69) is 30.1 Å². The SMILES string of the molecule is CCNc1nc(OCCN(C)C)nc(N2CCCCC2)n1. The zero-order valence-corrected chi connectivity index (χ0v) is 13.3. The zero-order valence-electron chi connectivity index (χ0n) is 13.3. The highest BCUT2D eigenvalue weighted by molar-refractivity contribution is 5.38. The third-order valence-electron chi connectivity index (χ3n) is 3.35. The van der Waals surface area contributed by atoms with Gasteiger partial charge in [-0.3, -0.25) is 0 Å². The fourth-order valence-electron chi connectivity index (χ4n) is 2.20. The molecule has 0 aliphatic carbocycles. The third-order valence-corrected chi connectivity index (χ3v) is 3.35. The molecule has 0 aromatic carbocycles. The Kier molecular flexibility index (Phi) is 5.98. The van der Waals surface area contributed by atoms with Crippen molar-refractivity contribution in [3.63, 3.8) is 0 Å². The lowest BCUT2D eigenvalue weighted by molar-refractivity contribution is 0.245. The highest BCUT2D eigenvalue weighted by Gasteiger charge is 2.16. The highest BCUT2D eigenvalue weighted by Crippen LogP contribution is 2.19. The number of ether oxygens (including phenoxy) is 1. The topological polar surface area (TPSA) is 66.4 Å². The molecule has 1 saturated heterocycles. The number of hydrogen-bond acceptors (Lipinski definition) is 7. The Morgan fingerprint density at radius 1 is 1.14 bits per heavy atom. The van der Waals surface area contributed by atoms with E-state index in [0.717, 1.165) is 32.1 Å². The van der Waals surface area contributed by atoms with Crippen LogP contribution in [-0.4, -0.2) is 66.7 Å². The third kappa shape index (κ3) is 5.00. The Hall–Kier alpha value is -1.63. The van der Waals surface area contributed by atoms with E-state index in [9.17, 15) is 0 Å². The van der Waals surface area contributed by atoms with Crippen LogP contribution in [0.25, 0.3) is 0 Å². The van der Waals surface area contributed by atoms with Crippen molar-refractivity contribution in [2.45, 2.75) is 26.2 Å². The summed E-state index contributed by atoms with van der Waals surface area (Å²) in [7, 11) is 4.03. The number of nitrogens with one attached hydrogen (secondary N) is 1. The fraction of sp³-hybridized carbons (Fsp3) is 0.786. The van der Waals surface area contributed by atoms with Crippen LogP contribution in [0, 0.1) is 0 Å². The molecule has 2 rings (SSSR count). The van der Waals surface area contributed by atoms with Crippen molar-refractivity contribution in [2.75, 3.05) is 57.1 Å². The van der Waals surface area contributed by atoms with Crippen molar-refractivity contribution >= 4 is 11.9 Å². The van der Waals surface area contributed by atoms with Crippen molar-refractivity contribution < 1.29 is 4.74 Å². The first-order chi connectivity index (χ1) is 10.2. The van der Waals surface area contributed by atoms with Crippen molar-refractivity contribution in [1.29, 1.82) is 0 Å². The summed E-state index contributed by atoms with van der Waals surface area (Å²) in [6.45, 7) is 6.22. The summed E-state index contributed by atoms with van der Waals surface area (Å²) >= 11 is 0. The Bertz CT molecular complexity index is 433. The van der Waals surface area contributed by atoms with Crippen molar-refractivity contribution in [3.8, 4) is 6.01 Å². The smallest absolute Gasteiger partial charge is 0.323 e. The number of hydrogen-bond donors (Lipinski definition) is 1. The van der Waals surface area contributed by atoms with E-state index in [4.69, 9.17) is 4.74 Å². The lowest BCUT2D eigenvalue weighted by Crippen LogP contribution is -2.31. The maximum atomic E-state index is 5.66. The van der Waals surface area contributed by atoms with Gasteiger partial charge in [0.2, 0.25) is 11.9 Å². The Morgan fingerprint density at radius 3 is 2.57 bits per heavy atom. The van der Waals surface area contributed by atoms with Gasteiger partial charge in [0.1, 0.15) is 6.61 Å². The van der Waals surface area contributed by atoms with Gasteiger partial charge in [0.15, 0.2) is 0 Å². The maximum Gasteiger partial charge on any atom is 0.323 e. The monoisotopic (exact) mass is 294 g/mol. The number of nitrogens with zero attached hydrogens (tertiary/aromatic N) is 5. The molecule has 1 aliphatic rings. The first-order valence-electron chi connectivity index (χ1n) is 7.71. The van der Waals surface area contributed by atoms with Crippen LogP contribution >= 0.6 is 0 Å². The fourth-order valence-corrected chi connectivity index (χ4v) is 2.20. The van der Waals surface area contributed by atoms with E-state index < -0.39 is 0 Å². The number of piperidine rings is 1. The molecule has 1 aliphatic heterocycles. The summed E-state index contributed by atoms with van der Waals surface area (Å²) in [4.78, 5) is 17.5. The van der Waals surface area contributed by atoms with E-state index in [1.165, 1.54) is 19.3 Å².